The van der Waals surface area contributed by atoms with E-state index in [-0.39, 0.29) is 5.91 Å². The van der Waals surface area contributed by atoms with Crippen LogP contribution >= 0.6 is 27.3 Å². The van der Waals surface area contributed by atoms with Crippen LogP contribution in [0.4, 0.5) is 0 Å². The van der Waals surface area contributed by atoms with Gasteiger partial charge in [0.15, 0.2) is 0 Å². The minimum Gasteiger partial charge on any atom is -0.328 e. The van der Waals surface area contributed by atoms with E-state index in [9.17, 15) is 4.79 Å². The maximum atomic E-state index is 12.8. The predicted octanol–water partition coefficient (Wildman–Crippen LogP) is 2.54. The van der Waals surface area contributed by atoms with Crippen molar-refractivity contribution in [3.8, 4) is 0 Å². The fourth-order valence-corrected chi connectivity index (χ4v) is 5.34. The zero-order chi connectivity index (χ0) is 16.5. The first kappa shape index (κ1) is 16.3. The highest BCUT2D eigenvalue weighted by molar-refractivity contribution is 9.11. The van der Waals surface area contributed by atoms with Crippen LogP contribution in [0, 0.1) is 0 Å². The molecule has 24 heavy (non-hydrogen) atoms. The molecule has 1 aliphatic heterocycles. The van der Waals surface area contributed by atoms with E-state index in [2.05, 4.69) is 40.2 Å². The molecule has 5 heteroatoms. The molecular formula is C19H22BrN2OS+. The maximum absolute atomic E-state index is 12.8. The van der Waals surface area contributed by atoms with Crippen LogP contribution in [0.1, 0.15) is 32.8 Å². The summed E-state index contributed by atoms with van der Waals surface area (Å²) in [6.45, 7) is 4.85. The Morgan fingerprint density at radius 1 is 1.12 bits per heavy atom. The number of fused-ring (bicyclic) bond motifs is 1. The number of carbonyl (C=O) groups excluding carboxylic acids is 1. The molecule has 1 amide bonds. The molecule has 1 fully saturated rings. The van der Waals surface area contributed by atoms with E-state index in [1.165, 1.54) is 32.6 Å². The van der Waals surface area contributed by atoms with Crippen LogP contribution < -0.4 is 4.90 Å². The Balaban J connectivity index is 1.36. The molecule has 1 saturated heterocycles. The molecular weight excluding hydrogens is 384 g/mol. The van der Waals surface area contributed by atoms with Gasteiger partial charge < -0.3 is 9.80 Å². The summed E-state index contributed by atoms with van der Waals surface area (Å²) in [7, 11) is 0. The summed E-state index contributed by atoms with van der Waals surface area (Å²) in [5.74, 6) is 0.211. The van der Waals surface area contributed by atoms with Crippen LogP contribution in [0.25, 0.3) is 0 Å². The third-order valence-corrected chi connectivity index (χ3v) is 6.78. The van der Waals surface area contributed by atoms with E-state index in [1.54, 1.807) is 4.90 Å². The molecule has 3 nitrogen and oxygen atoms in total. The van der Waals surface area contributed by atoms with Crippen molar-refractivity contribution in [1.82, 2.24) is 4.90 Å². The lowest BCUT2D eigenvalue weighted by atomic mass is 10.1. The summed E-state index contributed by atoms with van der Waals surface area (Å²) in [6.07, 6.45) is 3.53. The van der Waals surface area contributed by atoms with Gasteiger partial charge in [-0.25, -0.2) is 0 Å². The number of nitrogens with one attached hydrogen (secondary N) is 1. The molecule has 1 aromatic carbocycles. The molecule has 0 atom stereocenters. The van der Waals surface area contributed by atoms with Crippen LogP contribution in [0.2, 0.25) is 0 Å². The Hall–Kier alpha value is -1.17. The second-order valence-corrected chi connectivity index (χ2v) is 9.31. The van der Waals surface area contributed by atoms with Gasteiger partial charge in [0, 0.05) is 5.56 Å². The maximum Gasteiger partial charge on any atom is 0.254 e. The number of benzene rings is 1. The van der Waals surface area contributed by atoms with Crippen molar-refractivity contribution < 1.29 is 9.69 Å². The molecule has 0 unspecified atom stereocenters. The number of hydrogen-bond acceptors (Lipinski definition) is 2. The minimum atomic E-state index is 0.211. The summed E-state index contributed by atoms with van der Waals surface area (Å²) < 4.78 is 1.20. The number of nitrogens with zero attached hydrogens (tertiary/aromatic N) is 1. The lowest BCUT2D eigenvalue weighted by molar-refractivity contribution is -0.917. The van der Waals surface area contributed by atoms with Gasteiger partial charge in [0.1, 0.15) is 6.54 Å². The molecule has 0 bridgehead atoms. The average molecular weight is 406 g/mol. The van der Waals surface area contributed by atoms with Gasteiger partial charge in [-0.15, -0.1) is 11.3 Å². The van der Waals surface area contributed by atoms with Crippen molar-refractivity contribution in [2.45, 2.75) is 25.8 Å². The Kier molecular flexibility index (Phi) is 4.74. The lowest BCUT2D eigenvalue weighted by Gasteiger charge is -2.32. The molecule has 0 radical (unpaired) electrons. The van der Waals surface area contributed by atoms with E-state index < -0.39 is 0 Å². The van der Waals surface area contributed by atoms with Crippen LogP contribution in [0.5, 0.6) is 0 Å². The second-order valence-electron chi connectivity index (χ2n) is 6.76. The smallest absolute Gasteiger partial charge is 0.254 e. The van der Waals surface area contributed by atoms with Gasteiger partial charge >= 0.3 is 0 Å². The van der Waals surface area contributed by atoms with E-state index in [0.29, 0.717) is 0 Å². The van der Waals surface area contributed by atoms with Gasteiger partial charge in [0.25, 0.3) is 5.91 Å². The zero-order valence-electron chi connectivity index (χ0n) is 13.7. The Morgan fingerprint density at radius 2 is 1.92 bits per heavy atom. The van der Waals surface area contributed by atoms with Gasteiger partial charge in [-0.1, -0.05) is 6.07 Å². The standard InChI is InChI=1S/C19H21BrN2OS/c20-18-7-6-17(24-18)13-21-8-10-22(11-9-21)19(23)16-5-4-14-2-1-3-15(14)12-16/h4-7,12H,1-3,8-11,13H2/p+1. The molecule has 4 rings (SSSR count). The highest BCUT2D eigenvalue weighted by Gasteiger charge is 2.25. The molecule has 1 aliphatic carbocycles. The number of quaternary nitrogens is 1. The zero-order valence-corrected chi connectivity index (χ0v) is 16.1. The van der Waals surface area contributed by atoms with Crippen molar-refractivity contribution in [1.29, 1.82) is 0 Å². The Morgan fingerprint density at radius 3 is 2.67 bits per heavy atom. The Labute approximate surface area is 155 Å². The average Bonchev–Trinajstić information content (AvgIpc) is 3.23. The lowest BCUT2D eigenvalue weighted by Crippen LogP contribution is -3.13. The van der Waals surface area contributed by atoms with Crippen molar-refractivity contribution in [2.24, 2.45) is 0 Å². The first-order valence-electron chi connectivity index (χ1n) is 8.68. The SMILES string of the molecule is O=C(c1ccc2c(c1)CCC2)N1CC[NH+](Cc2ccc(Br)s2)CC1. The van der Waals surface area contributed by atoms with E-state index in [4.69, 9.17) is 0 Å². The van der Waals surface area contributed by atoms with Crippen LogP contribution in [-0.4, -0.2) is 37.0 Å². The number of hydrogen-bond donors (Lipinski definition) is 1. The fourth-order valence-electron chi connectivity index (χ4n) is 3.78. The topological polar surface area (TPSA) is 24.8 Å². The fraction of sp³-hybridized carbons (Fsp3) is 0.421. The normalized spacial score (nSPS) is 18.0. The van der Waals surface area contributed by atoms with Gasteiger partial charge in [-0.05, 0) is 70.6 Å². The van der Waals surface area contributed by atoms with Gasteiger partial charge in [-0.2, -0.15) is 0 Å². The third kappa shape index (κ3) is 3.44. The molecule has 2 heterocycles. The van der Waals surface area contributed by atoms with Gasteiger partial charge in [-0.3, -0.25) is 4.79 Å². The number of rotatable bonds is 3. The van der Waals surface area contributed by atoms with Crippen molar-refractivity contribution >= 4 is 33.2 Å². The molecule has 0 saturated carbocycles. The molecule has 1 aromatic heterocycles. The number of aryl methyl sites for hydroxylation is 2. The van der Waals surface area contributed by atoms with Gasteiger partial charge in [0.2, 0.25) is 0 Å². The van der Waals surface area contributed by atoms with Crippen molar-refractivity contribution in [2.75, 3.05) is 26.2 Å². The highest BCUT2D eigenvalue weighted by Crippen LogP contribution is 2.23. The van der Waals surface area contributed by atoms with Crippen molar-refractivity contribution in [3.63, 3.8) is 0 Å². The predicted molar refractivity (Wildman–Crippen MR) is 101 cm³/mol. The Bertz CT molecular complexity index is 750. The molecule has 1 N–H and O–H groups in total. The number of thiophene rings is 1. The number of piperazine rings is 1. The summed E-state index contributed by atoms with van der Waals surface area (Å²) >= 11 is 5.34. The van der Waals surface area contributed by atoms with E-state index in [1.807, 2.05) is 22.3 Å². The second kappa shape index (κ2) is 6.98. The summed E-state index contributed by atoms with van der Waals surface area (Å²) in [6, 6.07) is 10.6. The van der Waals surface area contributed by atoms with Crippen molar-refractivity contribution in [3.05, 3.63) is 55.7 Å². The molecule has 126 valence electrons. The summed E-state index contributed by atoms with van der Waals surface area (Å²) in [4.78, 5) is 17.8. The van der Waals surface area contributed by atoms with Crippen LogP contribution in [0.15, 0.2) is 34.1 Å². The molecule has 0 spiro atoms. The first-order valence-corrected chi connectivity index (χ1v) is 10.3. The molecule has 2 aliphatic rings. The number of carbonyl (C=O) groups is 1. The summed E-state index contributed by atoms with van der Waals surface area (Å²) in [5.41, 5.74) is 3.69. The van der Waals surface area contributed by atoms with E-state index >= 15 is 0 Å². The minimum absolute atomic E-state index is 0.211. The van der Waals surface area contributed by atoms with Gasteiger partial charge in [0.05, 0.1) is 34.8 Å². The largest absolute Gasteiger partial charge is 0.328 e. The third-order valence-electron chi connectivity index (χ3n) is 5.16. The number of halogens is 1. The highest BCUT2D eigenvalue weighted by atomic mass is 79.9. The van der Waals surface area contributed by atoms with Crippen LogP contribution in [-0.2, 0) is 19.4 Å². The monoisotopic (exact) mass is 405 g/mol. The van der Waals surface area contributed by atoms with E-state index in [0.717, 1.165) is 44.7 Å². The first-order chi connectivity index (χ1) is 11.7. The summed E-state index contributed by atoms with van der Waals surface area (Å²) in [5, 5.41) is 0. The molecule has 2 aromatic rings. The van der Waals surface area contributed by atoms with Crippen LogP contribution in [0.3, 0.4) is 0 Å². The number of amides is 1. The quantitative estimate of drug-likeness (QED) is 0.833.